The standard InChI is InChI=1S/C12H8FN3O4/c13-7-2-1-3-9(4-7)20-12-10(11(14)17)5-8(6-15-12)16(18)19/h1-6H,(H2,14,17). The molecule has 0 radical (unpaired) electrons. The summed E-state index contributed by atoms with van der Waals surface area (Å²) in [5.41, 5.74) is 4.45. The molecule has 7 nitrogen and oxygen atoms in total. The molecular weight excluding hydrogens is 269 g/mol. The number of nitrogens with zero attached hydrogens (tertiary/aromatic N) is 2. The first-order valence-corrected chi connectivity index (χ1v) is 5.35. The molecule has 0 spiro atoms. The summed E-state index contributed by atoms with van der Waals surface area (Å²) in [5, 5.41) is 10.6. The van der Waals surface area contributed by atoms with Gasteiger partial charge in [0.1, 0.15) is 23.3 Å². The number of nitrogens with two attached hydrogens (primary N) is 1. The van der Waals surface area contributed by atoms with Crippen molar-refractivity contribution in [3.63, 3.8) is 0 Å². The number of ether oxygens (including phenoxy) is 1. The van der Waals surface area contributed by atoms with Crippen LogP contribution in [0.1, 0.15) is 10.4 Å². The monoisotopic (exact) mass is 277 g/mol. The maximum atomic E-state index is 13.0. The average Bonchev–Trinajstić information content (AvgIpc) is 2.38. The number of carbonyl (C=O) groups excluding carboxylic acids is 1. The van der Waals surface area contributed by atoms with Crippen LogP contribution in [0.3, 0.4) is 0 Å². The van der Waals surface area contributed by atoms with Gasteiger partial charge in [0, 0.05) is 12.1 Å². The SMILES string of the molecule is NC(=O)c1cc([N+](=O)[O-])cnc1Oc1cccc(F)c1. The van der Waals surface area contributed by atoms with E-state index in [0.717, 1.165) is 18.3 Å². The number of amides is 1. The van der Waals surface area contributed by atoms with Crippen molar-refractivity contribution in [2.75, 3.05) is 0 Å². The first-order chi connectivity index (χ1) is 9.47. The summed E-state index contributed by atoms with van der Waals surface area (Å²) < 4.78 is 18.2. The minimum Gasteiger partial charge on any atom is -0.438 e. The van der Waals surface area contributed by atoms with E-state index < -0.39 is 22.3 Å². The first kappa shape index (κ1) is 13.4. The Morgan fingerprint density at radius 3 is 2.75 bits per heavy atom. The van der Waals surface area contributed by atoms with E-state index in [1.165, 1.54) is 18.2 Å². The Kier molecular flexibility index (Phi) is 3.56. The lowest BCUT2D eigenvalue weighted by Gasteiger charge is -2.07. The Hall–Kier alpha value is -3.03. The third-order valence-electron chi connectivity index (χ3n) is 2.32. The predicted octanol–water partition coefficient (Wildman–Crippen LogP) is 2.02. The number of hydrogen-bond donors (Lipinski definition) is 1. The Morgan fingerprint density at radius 1 is 1.40 bits per heavy atom. The summed E-state index contributed by atoms with van der Waals surface area (Å²) in [7, 11) is 0. The molecule has 1 aromatic heterocycles. The highest BCUT2D eigenvalue weighted by Gasteiger charge is 2.18. The van der Waals surface area contributed by atoms with Crippen molar-refractivity contribution < 1.29 is 18.8 Å². The van der Waals surface area contributed by atoms with E-state index in [-0.39, 0.29) is 17.2 Å². The lowest BCUT2D eigenvalue weighted by atomic mass is 10.2. The summed E-state index contributed by atoms with van der Waals surface area (Å²) in [5.74, 6) is -1.61. The van der Waals surface area contributed by atoms with E-state index >= 15 is 0 Å². The van der Waals surface area contributed by atoms with Gasteiger partial charge in [0.2, 0.25) is 5.88 Å². The Morgan fingerprint density at radius 2 is 2.15 bits per heavy atom. The van der Waals surface area contributed by atoms with Crippen molar-refractivity contribution >= 4 is 11.6 Å². The molecule has 0 bridgehead atoms. The fourth-order valence-corrected chi connectivity index (χ4v) is 1.44. The lowest BCUT2D eigenvalue weighted by Crippen LogP contribution is -2.13. The molecule has 0 fully saturated rings. The topological polar surface area (TPSA) is 108 Å². The van der Waals surface area contributed by atoms with Gasteiger partial charge in [-0.3, -0.25) is 14.9 Å². The van der Waals surface area contributed by atoms with E-state index in [4.69, 9.17) is 10.5 Å². The predicted molar refractivity (Wildman–Crippen MR) is 65.9 cm³/mol. The van der Waals surface area contributed by atoms with Gasteiger partial charge in [-0.2, -0.15) is 0 Å². The molecule has 0 unspecified atom stereocenters. The molecule has 0 aliphatic carbocycles. The summed E-state index contributed by atoms with van der Waals surface area (Å²) in [6, 6.07) is 6.08. The average molecular weight is 277 g/mol. The van der Waals surface area contributed by atoms with Crippen LogP contribution in [0.25, 0.3) is 0 Å². The normalized spacial score (nSPS) is 10.1. The number of rotatable bonds is 4. The summed E-state index contributed by atoms with van der Waals surface area (Å²) in [6.07, 6.45) is 0.918. The quantitative estimate of drug-likeness (QED) is 0.679. The van der Waals surface area contributed by atoms with E-state index in [0.29, 0.717) is 0 Å². The molecule has 20 heavy (non-hydrogen) atoms. The van der Waals surface area contributed by atoms with E-state index in [1.807, 2.05) is 0 Å². The van der Waals surface area contributed by atoms with Crippen LogP contribution in [0.4, 0.5) is 10.1 Å². The van der Waals surface area contributed by atoms with Gasteiger partial charge in [0.15, 0.2) is 0 Å². The number of primary amides is 1. The molecule has 0 aliphatic rings. The van der Waals surface area contributed by atoms with Crippen LogP contribution in [0, 0.1) is 15.9 Å². The summed E-state index contributed by atoms with van der Waals surface area (Å²) in [4.78, 5) is 24.8. The van der Waals surface area contributed by atoms with Crippen molar-refractivity contribution in [2.45, 2.75) is 0 Å². The van der Waals surface area contributed by atoms with Crippen molar-refractivity contribution in [1.29, 1.82) is 0 Å². The first-order valence-electron chi connectivity index (χ1n) is 5.35. The van der Waals surface area contributed by atoms with Crippen molar-refractivity contribution in [1.82, 2.24) is 4.98 Å². The smallest absolute Gasteiger partial charge is 0.288 e. The Labute approximate surface area is 112 Å². The molecule has 0 aliphatic heterocycles. The number of aromatic nitrogens is 1. The van der Waals surface area contributed by atoms with Gasteiger partial charge >= 0.3 is 0 Å². The van der Waals surface area contributed by atoms with Gasteiger partial charge in [0.25, 0.3) is 11.6 Å². The molecule has 1 heterocycles. The van der Waals surface area contributed by atoms with Gasteiger partial charge in [-0.15, -0.1) is 0 Å². The van der Waals surface area contributed by atoms with E-state index in [2.05, 4.69) is 4.98 Å². The van der Waals surface area contributed by atoms with E-state index in [9.17, 15) is 19.3 Å². The van der Waals surface area contributed by atoms with Gasteiger partial charge in [-0.1, -0.05) is 6.07 Å². The molecule has 102 valence electrons. The van der Waals surface area contributed by atoms with Crippen LogP contribution < -0.4 is 10.5 Å². The van der Waals surface area contributed by atoms with Crippen LogP contribution in [0.15, 0.2) is 36.5 Å². The van der Waals surface area contributed by atoms with Crippen LogP contribution in [-0.2, 0) is 0 Å². The minimum atomic E-state index is -0.937. The molecule has 1 aromatic carbocycles. The van der Waals surface area contributed by atoms with Crippen molar-refractivity contribution in [3.05, 3.63) is 58.0 Å². The van der Waals surface area contributed by atoms with E-state index in [1.54, 1.807) is 0 Å². The van der Waals surface area contributed by atoms with Crippen LogP contribution in [0.5, 0.6) is 11.6 Å². The second-order valence-corrected chi connectivity index (χ2v) is 3.73. The lowest BCUT2D eigenvalue weighted by molar-refractivity contribution is -0.385. The molecule has 2 N–H and O–H groups in total. The Bertz CT molecular complexity index is 690. The van der Waals surface area contributed by atoms with Crippen molar-refractivity contribution in [2.24, 2.45) is 5.73 Å². The number of carbonyl (C=O) groups is 1. The summed E-state index contributed by atoms with van der Waals surface area (Å²) >= 11 is 0. The van der Waals surface area contributed by atoms with Crippen LogP contribution in [-0.4, -0.2) is 15.8 Å². The molecule has 8 heteroatoms. The van der Waals surface area contributed by atoms with Crippen LogP contribution in [0.2, 0.25) is 0 Å². The van der Waals surface area contributed by atoms with Gasteiger partial charge < -0.3 is 10.5 Å². The number of pyridine rings is 1. The molecular formula is C12H8FN3O4. The molecule has 0 atom stereocenters. The second-order valence-electron chi connectivity index (χ2n) is 3.73. The zero-order chi connectivity index (χ0) is 14.7. The molecule has 2 aromatic rings. The highest BCUT2D eigenvalue weighted by Crippen LogP contribution is 2.26. The third-order valence-corrected chi connectivity index (χ3v) is 2.32. The van der Waals surface area contributed by atoms with Crippen molar-refractivity contribution in [3.8, 4) is 11.6 Å². The molecule has 0 saturated carbocycles. The number of hydrogen-bond acceptors (Lipinski definition) is 5. The third kappa shape index (κ3) is 2.86. The number of benzene rings is 1. The maximum absolute atomic E-state index is 13.0. The largest absolute Gasteiger partial charge is 0.438 e. The maximum Gasteiger partial charge on any atom is 0.288 e. The highest BCUT2D eigenvalue weighted by atomic mass is 19.1. The zero-order valence-electron chi connectivity index (χ0n) is 9.95. The zero-order valence-corrected chi connectivity index (χ0v) is 9.95. The number of halogens is 1. The fourth-order valence-electron chi connectivity index (χ4n) is 1.44. The highest BCUT2D eigenvalue weighted by molar-refractivity contribution is 5.95. The van der Waals surface area contributed by atoms with Gasteiger partial charge in [-0.05, 0) is 12.1 Å². The minimum absolute atomic E-state index is 0.0915. The summed E-state index contributed by atoms with van der Waals surface area (Å²) in [6.45, 7) is 0. The Balaban J connectivity index is 2.41. The molecule has 0 saturated heterocycles. The fraction of sp³-hybridized carbons (Fsp3) is 0. The van der Waals surface area contributed by atoms with Gasteiger partial charge in [-0.25, -0.2) is 9.37 Å². The van der Waals surface area contributed by atoms with Crippen LogP contribution >= 0.6 is 0 Å². The molecule has 1 amide bonds. The van der Waals surface area contributed by atoms with Gasteiger partial charge in [0.05, 0.1) is 4.92 Å². The second kappa shape index (κ2) is 5.31. The number of nitro groups is 1. The molecule has 2 rings (SSSR count).